The van der Waals surface area contributed by atoms with Gasteiger partial charge in [0.05, 0.1) is 12.2 Å². The number of aliphatic hydroxyl groups excluding tert-OH is 2. The molecule has 2 rings (SSSR count). The molecule has 0 aliphatic heterocycles. The zero-order valence-corrected chi connectivity index (χ0v) is 17.0. The Bertz CT molecular complexity index is 339. The molecule has 2 aliphatic carbocycles. The van der Waals surface area contributed by atoms with Crippen LogP contribution in [0.25, 0.3) is 0 Å². The van der Waals surface area contributed by atoms with E-state index in [1.807, 2.05) is 0 Å². The van der Waals surface area contributed by atoms with Crippen molar-refractivity contribution in [3.05, 3.63) is 0 Å². The van der Waals surface area contributed by atoms with Crippen LogP contribution in [0.1, 0.15) is 86.5 Å². The minimum Gasteiger partial charge on any atom is -0.393 e. The summed E-state index contributed by atoms with van der Waals surface area (Å²) in [7, 11) is 0. The minimum absolute atomic E-state index is 0.122. The molecule has 0 aromatic carbocycles. The molecule has 0 heterocycles. The second-order valence-corrected chi connectivity index (χ2v) is 9.56. The Hall–Kier alpha value is -0.0800. The summed E-state index contributed by atoms with van der Waals surface area (Å²) >= 11 is 0. The van der Waals surface area contributed by atoms with Gasteiger partial charge in [0.25, 0.3) is 0 Å². The van der Waals surface area contributed by atoms with Crippen molar-refractivity contribution in [2.24, 2.45) is 40.9 Å². The van der Waals surface area contributed by atoms with E-state index in [0.717, 1.165) is 11.8 Å². The predicted octanol–water partition coefficient (Wildman–Crippen LogP) is 5.27. The van der Waals surface area contributed by atoms with Crippen LogP contribution in [0.15, 0.2) is 0 Å². The number of hydrogen-bond donors (Lipinski definition) is 2. The number of rotatable bonds is 5. The summed E-state index contributed by atoms with van der Waals surface area (Å²) in [6.45, 7) is 13.7. The maximum Gasteiger partial charge on any atom is 0.0591 e. The van der Waals surface area contributed by atoms with Crippen molar-refractivity contribution in [3.63, 3.8) is 0 Å². The van der Waals surface area contributed by atoms with Gasteiger partial charge in [0.1, 0.15) is 0 Å². The third kappa shape index (κ3) is 3.70. The van der Waals surface area contributed by atoms with E-state index in [9.17, 15) is 10.2 Å². The lowest BCUT2D eigenvalue weighted by atomic mass is 9.52. The van der Waals surface area contributed by atoms with Crippen molar-refractivity contribution in [1.29, 1.82) is 0 Å². The first-order chi connectivity index (χ1) is 11.3. The van der Waals surface area contributed by atoms with Gasteiger partial charge in [-0.3, -0.25) is 0 Å². The van der Waals surface area contributed by atoms with E-state index in [0.29, 0.717) is 29.1 Å². The van der Waals surface area contributed by atoms with Gasteiger partial charge >= 0.3 is 0 Å². The summed E-state index contributed by atoms with van der Waals surface area (Å²) in [6, 6.07) is 0. The van der Waals surface area contributed by atoms with Crippen LogP contribution in [0, 0.1) is 40.9 Å². The van der Waals surface area contributed by atoms with Crippen LogP contribution >= 0.6 is 0 Å². The molecule has 2 saturated carbocycles. The summed E-state index contributed by atoms with van der Waals surface area (Å²) in [6.07, 6.45) is 8.29. The van der Waals surface area contributed by atoms with Gasteiger partial charge in [-0.2, -0.15) is 0 Å². The Labute approximate surface area is 150 Å². The van der Waals surface area contributed by atoms with Crippen LogP contribution in [-0.2, 0) is 0 Å². The number of aliphatic hydroxyl groups is 2. The summed E-state index contributed by atoms with van der Waals surface area (Å²) in [4.78, 5) is 0. The topological polar surface area (TPSA) is 40.5 Å². The first-order valence-electron chi connectivity index (χ1n) is 10.6. The molecule has 2 N–H and O–H groups in total. The first-order valence-corrected chi connectivity index (χ1v) is 10.6. The van der Waals surface area contributed by atoms with Gasteiger partial charge in [-0.15, -0.1) is 0 Å². The summed E-state index contributed by atoms with van der Waals surface area (Å²) in [5.41, 5.74) is 0.403. The Morgan fingerprint density at radius 1 is 0.708 bits per heavy atom. The second kappa shape index (κ2) is 8.08. The molecular weight excluding hydrogens is 296 g/mol. The summed E-state index contributed by atoms with van der Waals surface area (Å²) < 4.78 is 0. The van der Waals surface area contributed by atoms with Crippen molar-refractivity contribution < 1.29 is 10.2 Å². The number of hydrogen-bond acceptors (Lipinski definition) is 2. The van der Waals surface area contributed by atoms with Crippen LogP contribution in [0.2, 0.25) is 0 Å². The quantitative estimate of drug-likeness (QED) is 0.717. The molecule has 0 bridgehead atoms. The fourth-order valence-corrected chi connectivity index (χ4v) is 6.57. The molecule has 2 heteroatoms. The van der Waals surface area contributed by atoms with E-state index in [2.05, 4.69) is 41.5 Å². The monoisotopic (exact) mass is 338 g/mol. The van der Waals surface area contributed by atoms with E-state index in [4.69, 9.17) is 0 Å². The highest BCUT2D eigenvalue weighted by molar-refractivity contribution is 4.99. The fraction of sp³-hybridized carbons (Fsp3) is 1.00. The van der Waals surface area contributed by atoms with Crippen molar-refractivity contribution in [3.8, 4) is 0 Å². The lowest BCUT2D eigenvalue weighted by Crippen LogP contribution is -2.48. The molecule has 2 fully saturated rings. The van der Waals surface area contributed by atoms with E-state index >= 15 is 0 Å². The highest BCUT2D eigenvalue weighted by Gasteiger charge is 2.49. The van der Waals surface area contributed by atoms with Crippen LogP contribution in [0.4, 0.5) is 0 Å². The van der Waals surface area contributed by atoms with Gasteiger partial charge in [-0.25, -0.2) is 0 Å². The van der Waals surface area contributed by atoms with Gasteiger partial charge in [0.2, 0.25) is 0 Å². The summed E-state index contributed by atoms with van der Waals surface area (Å²) in [5.74, 6) is 3.15. The molecule has 2 aliphatic rings. The maximum atomic E-state index is 10.4. The smallest absolute Gasteiger partial charge is 0.0591 e. The van der Waals surface area contributed by atoms with E-state index in [1.165, 1.54) is 44.9 Å². The van der Waals surface area contributed by atoms with Gasteiger partial charge in [-0.05, 0) is 79.4 Å². The Morgan fingerprint density at radius 2 is 1.04 bits per heavy atom. The molecule has 2 nitrogen and oxygen atoms in total. The van der Waals surface area contributed by atoms with Gasteiger partial charge < -0.3 is 10.2 Å². The highest BCUT2D eigenvalue weighted by Crippen LogP contribution is 2.56. The second-order valence-electron chi connectivity index (χ2n) is 9.56. The third-order valence-corrected chi connectivity index (χ3v) is 7.96. The molecule has 0 amide bonds. The molecule has 0 radical (unpaired) electrons. The van der Waals surface area contributed by atoms with E-state index < -0.39 is 0 Å². The average molecular weight is 339 g/mol. The molecule has 0 aromatic rings. The molecule has 4 unspecified atom stereocenters. The minimum atomic E-state index is -0.122. The largest absolute Gasteiger partial charge is 0.393 e. The van der Waals surface area contributed by atoms with Crippen molar-refractivity contribution in [2.45, 2.75) is 98.7 Å². The van der Waals surface area contributed by atoms with Gasteiger partial charge in [0, 0.05) is 0 Å². The summed E-state index contributed by atoms with van der Waals surface area (Å²) in [5, 5.41) is 20.9. The Kier molecular flexibility index (Phi) is 6.81. The van der Waals surface area contributed by atoms with Crippen molar-refractivity contribution in [1.82, 2.24) is 0 Å². The molecule has 0 aromatic heterocycles. The van der Waals surface area contributed by atoms with E-state index in [1.54, 1.807) is 0 Å². The van der Waals surface area contributed by atoms with Gasteiger partial charge in [-0.1, -0.05) is 48.0 Å². The fourth-order valence-electron chi connectivity index (χ4n) is 6.57. The SMILES string of the molecule is CCCC(CC)(C1CC(C)C(O)C(C)C1)C1CC(C)C(O)C(C)C1. The standard InChI is InChI=1S/C22H42O2/c1-7-9-22(8-2,18-10-14(3)20(23)15(4)11-18)19-12-16(5)21(24)17(6)13-19/h14-21,23-24H,7-13H2,1-6H3. The zero-order valence-electron chi connectivity index (χ0n) is 17.0. The van der Waals surface area contributed by atoms with Crippen molar-refractivity contribution >= 4 is 0 Å². The lowest BCUT2D eigenvalue weighted by Gasteiger charge is -2.54. The molecule has 24 heavy (non-hydrogen) atoms. The molecule has 0 saturated heterocycles. The lowest BCUT2D eigenvalue weighted by molar-refractivity contribution is -0.0881. The molecule has 4 atom stereocenters. The molecule has 0 spiro atoms. The Morgan fingerprint density at radius 3 is 1.29 bits per heavy atom. The predicted molar refractivity (Wildman–Crippen MR) is 102 cm³/mol. The average Bonchev–Trinajstić information content (AvgIpc) is 2.54. The molecule has 142 valence electrons. The van der Waals surface area contributed by atoms with Crippen LogP contribution in [-0.4, -0.2) is 22.4 Å². The van der Waals surface area contributed by atoms with Crippen LogP contribution in [0.3, 0.4) is 0 Å². The van der Waals surface area contributed by atoms with E-state index in [-0.39, 0.29) is 12.2 Å². The zero-order chi connectivity index (χ0) is 18.1. The normalized spacial score (nSPS) is 46.5. The molecular formula is C22H42O2. The van der Waals surface area contributed by atoms with Crippen LogP contribution in [0.5, 0.6) is 0 Å². The van der Waals surface area contributed by atoms with Crippen LogP contribution < -0.4 is 0 Å². The van der Waals surface area contributed by atoms with Gasteiger partial charge in [0.15, 0.2) is 0 Å². The third-order valence-electron chi connectivity index (χ3n) is 7.96. The highest BCUT2D eigenvalue weighted by atomic mass is 16.3. The maximum absolute atomic E-state index is 10.4. The van der Waals surface area contributed by atoms with Crippen molar-refractivity contribution in [2.75, 3.05) is 0 Å². The first kappa shape index (κ1) is 20.2. The Balaban J connectivity index is 2.29.